The molecule has 0 aromatic carbocycles. The fourth-order valence-electron chi connectivity index (χ4n) is 2.53. The van der Waals surface area contributed by atoms with E-state index in [1.165, 1.54) is 19.4 Å². The standard InChI is InChI=1S/C13H26N2O2/c1-11(2)9-15-7-4-5-12(10-15)14(3)8-6-13(16)17/h11-12H,4-10H2,1-3H3,(H,16,17). The minimum Gasteiger partial charge on any atom is -0.481 e. The molecule has 0 aliphatic carbocycles. The Balaban J connectivity index is 2.34. The molecule has 0 amide bonds. The average molecular weight is 242 g/mol. The first-order valence-corrected chi connectivity index (χ1v) is 6.63. The van der Waals surface area contributed by atoms with E-state index in [4.69, 9.17) is 5.11 Å². The van der Waals surface area contributed by atoms with Crippen LogP contribution in [0.25, 0.3) is 0 Å². The molecule has 100 valence electrons. The molecule has 17 heavy (non-hydrogen) atoms. The van der Waals surface area contributed by atoms with Crippen molar-refractivity contribution in [3.63, 3.8) is 0 Å². The van der Waals surface area contributed by atoms with Crippen molar-refractivity contribution in [2.75, 3.05) is 33.2 Å². The number of likely N-dealkylation sites (N-methyl/N-ethyl adjacent to an activating group) is 1. The van der Waals surface area contributed by atoms with Gasteiger partial charge in [-0.15, -0.1) is 0 Å². The summed E-state index contributed by atoms with van der Waals surface area (Å²) in [4.78, 5) is 15.3. The topological polar surface area (TPSA) is 43.8 Å². The summed E-state index contributed by atoms with van der Waals surface area (Å²) in [6, 6.07) is 0.529. The van der Waals surface area contributed by atoms with Crippen molar-refractivity contribution < 1.29 is 9.90 Å². The highest BCUT2D eigenvalue weighted by Gasteiger charge is 2.23. The molecule has 1 fully saturated rings. The molecule has 1 N–H and O–H groups in total. The zero-order chi connectivity index (χ0) is 12.8. The van der Waals surface area contributed by atoms with Crippen LogP contribution in [0.5, 0.6) is 0 Å². The Morgan fingerprint density at radius 1 is 1.53 bits per heavy atom. The molecule has 0 aromatic heterocycles. The van der Waals surface area contributed by atoms with E-state index >= 15 is 0 Å². The average Bonchev–Trinajstić information content (AvgIpc) is 2.25. The number of hydrogen-bond donors (Lipinski definition) is 1. The normalized spacial score (nSPS) is 22.3. The first-order chi connectivity index (χ1) is 7.99. The lowest BCUT2D eigenvalue weighted by Crippen LogP contribution is -2.47. The molecule has 0 bridgehead atoms. The van der Waals surface area contributed by atoms with Crippen LogP contribution < -0.4 is 0 Å². The van der Waals surface area contributed by atoms with E-state index in [0.29, 0.717) is 18.5 Å². The zero-order valence-electron chi connectivity index (χ0n) is 11.4. The smallest absolute Gasteiger partial charge is 0.304 e. The van der Waals surface area contributed by atoms with Crippen LogP contribution >= 0.6 is 0 Å². The summed E-state index contributed by atoms with van der Waals surface area (Å²) >= 11 is 0. The maximum Gasteiger partial charge on any atom is 0.304 e. The number of piperidine rings is 1. The molecule has 1 rings (SSSR count). The van der Waals surface area contributed by atoms with E-state index in [2.05, 4.69) is 23.6 Å². The molecular formula is C13H26N2O2. The van der Waals surface area contributed by atoms with Crippen molar-refractivity contribution in [3.8, 4) is 0 Å². The van der Waals surface area contributed by atoms with Crippen LogP contribution in [0.2, 0.25) is 0 Å². The van der Waals surface area contributed by atoms with Crippen molar-refractivity contribution in [2.24, 2.45) is 5.92 Å². The molecule has 1 aliphatic rings. The molecule has 0 radical (unpaired) electrons. The fourth-order valence-corrected chi connectivity index (χ4v) is 2.53. The maximum absolute atomic E-state index is 10.6. The Morgan fingerprint density at radius 3 is 2.82 bits per heavy atom. The van der Waals surface area contributed by atoms with E-state index < -0.39 is 5.97 Å². The van der Waals surface area contributed by atoms with Crippen LogP contribution in [-0.2, 0) is 4.79 Å². The third kappa shape index (κ3) is 5.50. The SMILES string of the molecule is CC(C)CN1CCCC(N(C)CCC(=O)O)C1. The quantitative estimate of drug-likeness (QED) is 0.767. The molecule has 4 nitrogen and oxygen atoms in total. The Bertz CT molecular complexity index is 244. The largest absolute Gasteiger partial charge is 0.481 e. The number of carboxylic acid groups (broad SMARTS) is 1. The Labute approximate surface area is 105 Å². The lowest BCUT2D eigenvalue weighted by Gasteiger charge is -2.38. The lowest BCUT2D eigenvalue weighted by molar-refractivity contribution is -0.137. The van der Waals surface area contributed by atoms with Gasteiger partial charge in [0.05, 0.1) is 6.42 Å². The summed E-state index contributed by atoms with van der Waals surface area (Å²) in [5, 5.41) is 8.69. The number of hydrogen-bond acceptors (Lipinski definition) is 3. The highest BCUT2D eigenvalue weighted by atomic mass is 16.4. The minimum absolute atomic E-state index is 0.247. The van der Waals surface area contributed by atoms with Crippen LogP contribution in [0.15, 0.2) is 0 Å². The second-order valence-corrected chi connectivity index (χ2v) is 5.57. The summed E-state index contributed by atoms with van der Waals surface area (Å²) in [5.74, 6) is 0.00442. The molecule has 4 heteroatoms. The second kappa shape index (κ2) is 6.97. The molecule has 0 aromatic rings. The maximum atomic E-state index is 10.6. The van der Waals surface area contributed by atoms with Gasteiger partial charge in [0.25, 0.3) is 0 Å². The lowest BCUT2D eigenvalue weighted by atomic mass is 10.0. The summed E-state index contributed by atoms with van der Waals surface area (Å²) in [7, 11) is 2.05. The van der Waals surface area contributed by atoms with Crippen LogP contribution in [0.4, 0.5) is 0 Å². The Hall–Kier alpha value is -0.610. The third-order valence-corrected chi connectivity index (χ3v) is 3.41. The molecule has 1 saturated heterocycles. The van der Waals surface area contributed by atoms with Gasteiger partial charge in [0.15, 0.2) is 0 Å². The fraction of sp³-hybridized carbons (Fsp3) is 0.923. The van der Waals surface area contributed by atoms with Crippen molar-refractivity contribution in [2.45, 2.75) is 39.2 Å². The molecule has 1 atom stereocenters. The van der Waals surface area contributed by atoms with Gasteiger partial charge in [0.1, 0.15) is 0 Å². The molecule has 0 spiro atoms. The number of likely N-dealkylation sites (tertiary alicyclic amines) is 1. The number of rotatable bonds is 6. The van der Waals surface area contributed by atoms with Gasteiger partial charge in [0, 0.05) is 25.7 Å². The van der Waals surface area contributed by atoms with Gasteiger partial charge in [-0.3, -0.25) is 4.79 Å². The van der Waals surface area contributed by atoms with Gasteiger partial charge in [-0.05, 0) is 32.4 Å². The Kier molecular flexibility index (Phi) is 5.92. The van der Waals surface area contributed by atoms with Gasteiger partial charge in [0.2, 0.25) is 0 Å². The highest BCUT2D eigenvalue weighted by molar-refractivity contribution is 5.66. The molecule has 1 unspecified atom stereocenters. The van der Waals surface area contributed by atoms with Gasteiger partial charge >= 0.3 is 5.97 Å². The van der Waals surface area contributed by atoms with E-state index in [0.717, 1.165) is 13.1 Å². The van der Waals surface area contributed by atoms with E-state index in [1.807, 2.05) is 7.05 Å². The van der Waals surface area contributed by atoms with Crippen LogP contribution in [0, 0.1) is 5.92 Å². The first kappa shape index (κ1) is 14.5. The van der Waals surface area contributed by atoms with Gasteiger partial charge in [-0.25, -0.2) is 0 Å². The van der Waals surface area contributed by atoms with Crippen LogP contribution in [0.1, 0.15) is 33.1 Å². The summed E-state index contributed by atoms with van der Waals surface area (Å²) in [6.07, 6.45) is 2.68. The number of nitrogens with zero attached hydrogens (tertiary/aromatic N) is 2. The van der Waals surface area contributed by atoms with E-state index in [9.17, 15) is 4.79 Å². The summed E-state index contributed by atoms with van der Waals surface area (Å²) in [6.45, 7) is 8.60. The predicted molar refractivity (Wildman–Crippen MR) is 69.2 cm³/mol. The first-order valence-electron chi connectivity index (χ1n) is 6.63. The van der Waals surface area contributed by atoms with E-state index in [-0.39, 0.29) is 6.42 Å². The van der Waals surface area contributed by atoms with Crippen LogP contribution in [0.3, 0.4) is 0 Å². The molecule has 1 aliphatic heterocycles. The number of carbonyl (C=O) groups is 1. The zero-order valence-corrected chi connectivity index (χ0v) is 11.4. The summed E-state index contributed by atoms with van der Waals surface area (Å²) in [5.41, 5.74) is 0. The second-order valence-electron chi connectivity index (χ2n) is 5.57. The van der Waals surface area contributed by atoms with E-state index in [1.54, 1.807) is 0 Å². The Morgan fingerprint density at radius 2 is 2.24 bits per heavy atom. The van der Waals surface area contributed by atoms with Crippen molar-refractivity contribution in [3.05, 3.63) is 0 Å². The minimum atomic E-state index is -0.702. The highest BCUT2D eigenvalue weighted by Crippen LogP contribution is 2.16. The molecular weight excluding hydrogens is 216 g/mol. The summed E-state index contributed by atoms with van der Waals surface area (Å²) < 4.78 is 0. The molecule has 0 saturated carbocycles. The van der Waals surface area contributed by atoms with Crippen LogP contribution in [-0.4, -0.2) is 60.1 Å². The van der Waals surface area contributed by atoms with Gasteiger partial charge < -0.3 is 14.9 Å². The van der Waals surface area contributed by atoms with Gasteiger partial charge in [-0.1, -0.05) is 13.8 Å². The van der Waals surface area contributed by atoms with Crippen molar-refractivity contribution in [1.82, 2.24) is 9.80 Å². The monoisotopic (exact) mass is 242 g/mol. The van der Waals surface area contributed by atoms with Gasteiger partial charge in [-0.2, -0.15) is 0 Å². The third-order valence-electron chi connectivity index (χ3n) is 3.41. The number of carboxylic acids is 1. The van der Waals surface area contributed by atoms with Crippen molar-refractivity contribution in [1.29, 1.82) is 0 Å². The predicted octanol–water partition coefficient (Wildman–Crippen LogP) is 1.51. The molecule has 1 heterocycles. The number of aliphatic carboxylic acids is 1. The van der Waals surface area contributed by atoms with Crippen molar-refractivity contribution >= 4 is 5.97 Å².